The molecule has 1 saturated heterocycles. The van der Waals surface area contributed by atoms with Crippen LogP contribution in [-0.4, -0.2) is 60.1 Å². The van der Waals surface area contributed by atoms with Crippen LogP contribution >= 0.6 is 0 Å². The highest BCUT2D eigenvalue weighted by Gasteiger charge is 2.42. The lowest BCUT2D eigenvalue weighted by atomic mass is 9.98. The van der Waals surface area contributed by atoms with Crippen LogP contribution in [0.3, 0.4) is 0 Å². The predicted molar refractivity (Wildman–Crippen MR) is 121 cm³/mol. The Labute approximate surface area is 186 Å². The van der Waals surface area contributed by atoms with Crippen molar-refractivity contribution in [1.29, 1.82) is 0 Å². The number of hydrogen-bond acceptors (Lipinski definition) is 6. The number of carbonyl (C=O) groups excluding carboxylic acids is 1. The van der Waals surface area contributed by atoms with E-state index in [2.05, 4.69) is 9.88 Å². The van der Waals surface area contributed by atoms with Gasteiger partial charge in [0.15, 0.2) is 5.43 Å². The number of carbonyl (C=O) groups is 1. The molecule has 5 rings (SSSR count). The number of aryl methyl sites for hydroxylation is 2. The van der Waals surface area contributed by atoms with Crippen LogP contribution in [-0.2, 0) is 4.74 Å². The number of pyridine rings is 1. The molecule has 1 atom stereocenters. The van der Waals surface area contributed by atoms with Crippen LogP contribution in [0.25, 0.3) is 11.0 Å². The van der Waals surface area contributed by atoms with Crippen LogP contribution in [0.5, 0.6) is 0 Å². The summed E-state index contributed by atoms with van der Waals surface area (Å²) in [5.74, 6) is -0.0556. The quantitative estimate of drug-likeness (QED) is 0.616. The van der Waals surface area contributed by atoms with E-state index in [1.807, 2.05) is 38.1 Å². The number of hydrogen-bond donors (Lipinski definition) is 0. The second kappa shape index (κ2) is 8.48. The van der Waals surface area contributed by atoms with Crippen molar-refractivity contribution < 1.29 is 13.9 Å². The molecule has 1 unspecified atom stereocenters. The van der Waals surface area contributed by atoms with Gasteiger partial charge in [-0.25, -0.2) is 0 Å². The molecular formula is C25H27N3O4. The molecular weight excluding hydrogens is 406 g/mol. The third-order valence-electron chi connectivity index (χ3n) is 6.58. The van der Waals surface area contributed by atoms with Crippen LogP contribution in [0, 0.1) is 13.8 Å². The minimum absolute atomic E-state index is 0.129. The fourth-order valence-electron chi connectivity index (χ4n) is 4.69. The van der Waals surface area contributed by atoms with Gasteiger partial charge in [-0.3, -0.25) is 19.5 Å². The number of fused-ring (bicyclic) bond motifs is 2. The molecule has 2 aromatic heterocycles. The number of benzene rings is 1. The zero-order valence-corrected chi connectivity index (χ0v) is 18.5. The van der Waals surface area contributed by atoms with E-state index in [0.29, 0.717) is 23.1 Å². The van der Waals surface area contributed by atoms with Gasteiger partial charge in [-0.05, 0) is 61.2 Å². The molecule has 0 N–H and O–H groups in total. The molecule has 1 aromatic carbocycles. The van der Waals surface area contributed by atoms with E-state index in [4.69, 9.17) is 9.15 Å². The lowest BCUT2D eigenvalue weighted by molar-refractivity contribution is 0.0353. The summed E-state index contributed by atoms with van der Waals surface area (Å²) in [7, 11) is 0. The molecule has 0 aliphatic carbocycles. The molecule has 4 heterocycles. The van der Waals surface area contributed by atoms with E-state index in [0.717, 1.165) is 56.0 Å². The fourth-order valence-corrected chi connectivity index (χ4v) is 4.69. The first-order chi connectivity index (χ1) is 15.5. The molecule has 0 bridgehead atoms. The van der Waals surface area contributed by atoms with E-state index in [-0.39, 0.29) is 17.1 Å². The standard InChI is InChI=1S/C25H27N3O4/c1-16-14-19-20(15-17(16)2)32-24-21(23(19)29)22(18-4-6-26-7-5-18)28(25(24)30)9-3-8-27-10-12-31-13-11-27/h4-7,14-15,22H,3,8-13H2,1-2H3. The maximum Gasteiger partial charge on any atom is 0.290 e. The van der Waals surface area contributed by atoms with Gasteiger partial charge >= 0.3 is 0 Å². The SMILES string of the molecule is Cc1cc2oc3c(c(=O)c2cc1C)C(c1ccncc1)N(CCCN1CCOCC1)C3=O. The first-order valence-electron chi connectivity index (χ1n) is 11.1. The van der Waals surface area contributed by atoms with Crippen molar-refractivity contribution in [3.63, 3.8) is 0 Å². The topological polar surface area (TPSA) is 75.9 Å². The Morgan fingerprint density at radius 1 is 1.03 bits per heavy atom. The molecule has 2 aliphatic rings. The average Bonchev–Trinajstić information content (AvgIpc) is 3.09. The van der Waals surface area contributed by atoms with Crippen molar-refractivity contribution in [3.05, 3.63) is 74.9 Å². The van der Waals surface area contributed by atoms with E-state index >= 15 is 0 Å². The maximum absolute atomic E-state index is 13.6. The van der Waals surface area contributed by atoms with Crippen LogP contribution in [0.2, 0.25) is 0 Å². The molecule has 1 amide bonds. The van der Waals surface area contributed by atoms with Gasteiger partial charge in [-0.15, -0.1) is 0 Å². The smallest absolute Gasteiger partial charge is 0.290 e. The monoisotopic (exact) mass is 433 g/mol. The second-order valence-corrected chi connectivity index (χ2v) is 8.60. The van der Waals surface area contributed by atoms with Crippen molar-refractivity contribution in [3.8, 4) is 0 Å². The molecule has 2 aliphatic heterocycles. The lowest BCUT2D eigenvalue weighted by Crippen LogP contribution is -2.38. The highest BCUT2D eigenvalue weighted by atomic mass is 16.5. The molecule has 3 aromatic rings. The summed E-state index contributed by atoms with van der Waals surface area (Å²) >= 11 is 0. The van der Waals surface area contributed by atoms with Crippen LogP contribution in [0.1, 0.15) is 45.3 Å². The summed E-state index contributed by atoms with van der Waals surface area (Å²) in [5.41, 5.74) is 3.69. The highest BCUT2D eigenvalue weighted by Crippen LogP contribution is 2.38. The number of aromatic nitrogens is 1. The number of ether oxygens (including phenoxy) is 1. The van der Waals surface area contributed by atoms with E-state index in [1.54, 1.807) is 17.3 Å². The average molecular weight is 434 g/mol. The highest BCUT2D eigenvalue weighted by molar-refractivity contribution is 5.99. The van der Waals surface area contributed by atoms with Gasteiger partial charge in [0.1, 0.15) is 5.58 Å². The van der Waals surface area contributed by atoms with Gasteiger partial charge in [-0.1, -0.05) is 0 Å². The largest absolute Gasteiger partial charge is 0.450 e. The van der Waals surface area contributed by atoms with Gasteiger partial charge in [0.25, 0.3) is 5.91 Å². The van der Waals surface area contributed by atoms with Gasteiger partial charge in [0.2, 0.25) is 5.76 Å². The maximum atomic E-state index is 13.6. The Kier molecular flexibility index (Phi) is 5.53. The number of amides is 1. The molecule has 32 heavy (non-hydrogen) atoms. The van der Waals surface area contributed by atoms with Crippen LogP contribution in [0.15, 0.2) is 45.9 Å². The third-order valence-corrected chi connectivity index (χ3v) is 6.58. The minimum atomic E-state index is -0.465. The molecule has 7 heteroatoms. The van der Waals surface area contributed by atoms with Crippen molar-refractivity contribution in [2.75, 3.05) is 39.4 Å². The van der Waals surface area contributed by atoms with Gasteiger partial charge < -0.3 is 14.1 Å². The minimum Gasteiger partial charge on any atom is -0.450 e. The third kappa shape index (κ3) is 3.61. The van der Waals surface area contributed by atoms with Crippen molar-refractivity contribution >= 4 is 16.9 Å². The summed E-state index contributed by atoms with van der Waals surface area (Å²) < 4.78 is 11.5. The van der Waals surface area contributed by atoms with Crippen LogP contribution < -0.4 is 5.43 Å². The first-order valence-corrected chi connectivity index (χ1v) is 11.1. The zero-order valence-electron chi connectivity index (χ0n) is 18.5. The molecule has 0 saturated carbocycles. The Morgan fingerprint density at radius 2 is 1.75 bits per heavy atom. The summed E-state index contributed by atoms with van der Waals surface area (Å²) in [6, 6.07) is 6.99. The second-order valence-electron chi connectivity index (χ2n) is 8.60. The Hall–Kier alpha value is -3.03. The molecule has 166 valence electrons. The number of morpholine rings is 1. The predicted octanol–water partition coefficient (Wildman–Crippen LogP) is 3.07. The summed E-state index contributed by atoms with van der Waals surface area (Å²) in [4.78, 5) is 35.3. The van der Waals surface area contributed by atoms with E-state index < -0.39 is 6.04 Å². The van der Waals surface area contributed by atoms with Crippen molar-refractivity contribution in [2.45, 2.75) is 26.3 Å². The zero-order chi connectivity index (χ0) is 22.2. The molecule has 0 spiro atoms. The van der Waals surface area contributed by atoms with E-state index in [9.17, 15) is 9.59 Å². The summed E-state index contributed by atoms with van der Waals surface area (Å²) in [5, 5.41) is 0.522. The van der Waals surface area contributed by atoms with Crippen molar-refractivity contribution in [1.82, 2.24) is 14.8 Å². The van der Waals surface area contributed by atoms with E-state index in [1.165, 1.54) is 0 Å². The first kappa shape index (κ1) is 20.8. The molecule has 1 fully saturated rings. The fraction of sp³-hybridized carbons (Fsp3) is 0.400. The molecule has 7 nitrogen and oxygen atoms in total. The van der Waals surface area contributed by atoms with Crippen molar-refractivity contribution in [2.24, 2.45) is 0 Å². The number of rotatable bonds is 5. The van der Waals surface area contributed by atoms with Gasteiger partial charge in [0.05, 0.1) is 30.2 Å². The lowest BCUT2D eigenvalue weighted by Gasteiger charge is -2.29. The van der Waals surface area contributed by atoms with Gasteiger partial charge in [0, 0.05) is 38.6 Å². The van der Waals surface area contributed by atoms with Crippen LogP contribution in [0.4, 0.5) is 0 Å². The normalized spacial score (nSPS) is 19.0. The number of nitrogens with zero attached hydrogens (tertiary/aromatic N) is 3. The van der Waals surface area contributed by atoms with Gasteiger partial charge in [-0.2, -0.15) is 0 Å². The molecule has 0 radical (unpaired) electrons. The Balaban J connectivity index is 1.54. The Bertz CT molecular complexity index is 1220. The summed E-state index contributed by atoms with van der Waals surface area (Å²) in [6.45, 7) is 8.69. The Morgan fingerprint density at radius 3 is 2.50 bits per heavy atom. The summed E-state index contributed by atoms with van der Waals surface area (Å²) in [6.07, 6.45) is 4.20.